The van der Waals surface area contributed by atoms with Gasteiger partial charge in [0.25, 0.3) is 5.91 Å². The number of amides is 1. The summed E-state index contributed by atoms with van der Waals surface area (Å²) in [7, 11) is 1.69. The maximum absolute atomic E-state index is 13.4. The van der Waals surface area contributed by atoms with Crippen molar-refractivity contribution in [1.29, 1.82) is 0 Å². The number of piperidine rings is 1. The fourth-order valence-corrected chi connectivity index (χ4v) is 5.81. The minimum atomic E-state index is -0.0770. The molecule has 0 unspecified atom stereocenters. The van der Waals surface area contributed by atoms with Crippen LogP contribution in [0.15, 0.2) is 66.7 Å². The van der Waals surface area contributed by atoms with Gasteiger partial charge < -0.3 is 14.4 Å². The molecule has 2 aliphatic heterocycles. The maximum Gasteiger partial charge on any atom is 0.264 e. The van der Waals surface area contributed by atoms with Gasteiger partial charge in [0, 0.05) is 29.2 Å². The van der Waals surface area contributed by atoms with Crippen LogP contribution in [-0.4, -0.2) is 44.2 Å². The zero-order valence-electron chi connectivity index (χ0n) is 22.8. The average Bonchev–Trinajstić information content (AvgIpc) is 3.22. The number of benzene rings is 3. The van der Waals surface area contributed by atoms with E-state index in [2.05, 4.69) is 56.0 Å². The van der Waals surface area contributed by atoms with E-state index in [0.29, 0.717) is 17.3 Å². The average molecular weight is 533 g/mol. The Bertz CT molecular complexity index is 1270. The molecule has 38 heavy (non-hydrogen) atoms. The highest BCUT2D eigenvalue weighted by Crippen LogP contribution is 2.48. The van der Waals surface area contributed by atoms with Gasteiger partial charge in [-0.25, -0.2) is 0 Å². The predicted octanol–water partition coefficient (Wildman–Crippen LogP) is 6.61. The smallest absolute Gasteiger partial charge is 0.264 e. The number of carbonyl (C=O) groups is 1. The molecule has 1 amide bonds. The lowest BCUT2D eigenvalue weighted by Gasteiger charge is -2.40. The van der Waals surface area contributed by atoms with Crippen LogP contribution >= 0.6 is 11.6 Å². The third kappa shape index (κ3) is 5.55. The molecule has 1 spiro atoms. The van der Waals surface area contributed by atoms with Gasteiger partial charge in [0.15, 0.2) is 6.61 Å². The summed E-state index contributed by atoms with van der Waals surface area (Å²) in [4.78, 5) is 17.8. The Kier molecular flexibility index (Phi) is 7.43. The standard InChI is InChI=1S/C32H37ClN2O3/c1-31(2,3)24-7-5-23(6-8-24)20-34-17-15-32(16-18-34)22-35(29-14-13-27(37-4)19-28(29)32)30(36)21-38-26-11-9-25(33)10-12-26/h5-14,19H,15-18,20-22H2,1-4H3. The fraction of sp³-hybridized carbons (Fsp3) is 0.406. The molecule has 200 valence electrons. The van der Waals surface area contributed by atoms with Crippen LogP contribution in [-0.2, 0) is 22.2 Å². The summed E-state index contributed by atoms with van der Waals surface area (Å²) in [5.41, 5.74) is 4.98. The number of anilines is 1. The number of carbonyl (C=O) groups excluding carboxylic acids is 1. The third-order valence-corrected chi connectivity index (χ3v) is 8.29. The van der Waals surface area contributed by atoms with E-state index in [1.165, 1.54) is 16.7 Å². The molecular formula is C32H37ClN2O3. The number of nitrogens with zero attached hydrogens (tertiary/aromatic N) is 2. The molecule has 0 N–H and O–H groups in total. The number of fused-ring (bicyclic) bond motifs is 2. The molecule has 1 saturated heterocycles. The van der Waals surface area contributed by atoms with E-state index in [9.17, 15) is 4.79 Å². The van der Waals surface area contributed by atoms with Crippen molar-refractivity contribution < 1.29 is 14.3 Å². The molecule has 0 aliphatic carbocycles. The van der Waals surface area contributed by atoms with E-state index < -0.39 is 0 Å². The molecule has 0 saturated carbocycles. The zero-order valence-corrected chi connectivity index (χ0v) is 23.6. The Morgan fingerprint density at radius 2 is 1.61 bits per heavy atom. The molecule has 5 rings (SSSR count). The first-order valence-electron chi connectivity index (χ1n) is 13.4. The van der Waals surface area contributed by atoms with Gasteiger partial charge in [-0.3, -0.25) is 9.69 Å². The molecule has 0 aromatic heterocycles. The Morgan fingerprint density at radius 1 is 0.947 bits per heavy atom. The maximum atomic E-state index is 13.4. The second-order valence-electron chi connectivity index (χ2n) is 11.6. The Hall–Kier alpha value is -3.02. The van der Waals surface area contributed by atoms with Gasteiger partial charge in [-0.15, -0.1) is 0 Å². The normalized spacial score (nSPS) is 16.9. The molecule has 0 bridgehead atoms. The van der Waals surface area contributed by atoms with Crippen LogP contribution < -0.4 is 14.4 Å². The summed E-state index contributed by atoms with van der Waals surface area (Å²) in [5, 5.41) is 0.640. The lowest BCUT2D eigenvalue weighted by molar-refractivity contribution is -0.120. The van der Waals surface area contributed by atoms with Crippen LogP contribution in [0.5, 0.6) is 11.5 Å². The summed E-state index contributed by atoms with van der Waals surface area (Å²) in [6.45, 7) is 10.3. The molecule has 6 heteroatoms. The highest BCUT2D eigenvalue weighted by atomic mass is 35.5. The first-order chi connectivity index (χ1) is 18.2. The summed E-state index contributed by atoms with van der Waals surface area (Å²) in [6, 6.07) is 22.2. The number of halogens is 1. The number of ether oxygens (including phenoxy) is 2. The largest absolute Gasteiger partial charge is 0.497 e. The number of hydrogen-bond donors (Lipinski definition) is 0. The van der Waals surface area contributed by atoms with Gasteiger partial charge in [-0.1, -0.05) is 56.6 Å². The molecular weight excluding hydrogens is 496 g/mol. The van der Waals surface area contributed by atoms with E-state index >= 15 is 0 Å². The number of methoxy groups -OCH3 is 1. The number of rotatable bonds is 6. The van der Waals surface area contributed by atoms with E-state index in [-0.39, 0.29) is 23.3 Å². The van der Waals surface area contributed by atoms with Crippen molar-refractivity contribution in [3.05, 3.63) is 88.4 Å². The van der Waals surface area contributed by atoms with Gasteiger partial charge in [-0.05, 0) is 90.5 Å². The first-order valence-corrected chi connectivity index (χ1v) is 13.7. The zero-order chi connectivity index (χ0) is 26.9. The monoisotopic (exact) mass is 532 g/mol. The molecule has 3 aromatic rings. The van der Waals surface area contributed by atoms with Gasteiger partial charge in [0.05, 0.1) is 7.11 Å². The minimum Gasteiger partial charge on any atom is -0.497 e. The number of hydrogen-bond acceptors (Lipinski definition) is 4. The van der Waals surface area contributed by atoms with Gasteiger partial charge >= 0.3 is 0 Å². The van der Waals surface area contributed by atoms with Crippen molar-refractivity contribution in [1.82, 2.24) is 4.90 Å². The van der Waals surface area contributed by atoms with Crippen molar-refractivity contribution >= 4 is 23.2 Å². The van der Waals surface area contributed by atoms with Crippen molar-refractivity contribution in [3.8, 4) is 11.5 Å². The summed E-state index contributed by atoms with van der Waals surface area (Å²) >= 11 is 5.98. The minimum absolute atomic E-state index is 0.0140. The highest BCUT2D eigenvalue weighted by Gasteiger charge is 2.46. The van der Waals surface area contributed by atoms with E-state index in [4.69, 9.17) is 21.1 Å². The molecule has 5 nitrogen and oxygen atoms in total. The van der Waals surface area contributed by atoms with E-state index in [0.717, 1.165) is 43.9 Å². The summed E-state index contributed by atoms with van der Waals surface area (Å²) in [5.74, 6) is 1.43. The van der Waals surface area contributed by atoms with Crippen LogP contribution in [0.25, 0.3) is 0 Å². The molecule has 1 fully saturated rings. The second-order valence-corrected chi connectivity index (χ2v) is 12.0. The predicted molar refractivity (Wildman–Crippen MR) is 154 cm³/mol. The second kappa shape index (κ2) is 10.6. The molecule has 0 atom stereocenters. The van der Waals surface area contributed by atoms with Crippen LogP contribution in [0.3, 0.4) is 0 Å². The van der Waals surface area contributed by atoms with Gasteiger partial charge in [0.2, 0.25) is 0 Å². The third-order valence-electron chi connectivity index (χ3n) is 8.04. The van der Waals surface area contributed by atoms with Crippen molar-refractivity contribution in [2.24, 2.45) is 0 Å². The molecule has 2 aliphatic rings. The quantitative estimate of drug-likeness (QED) is 0.358. The molecule has 3 aromatic carbocycles. The Labute approximate surface area is 231 Å². The SMILES string of the molecule is COc1ccc2c(c1)C1(CCN(Cc3ccc(C(C)(C)C)cc3)CC1)CN2C(=O)COc1ccc(Cl)cc1. The van der Waals surface area contributed by atoms with Crippen LogP contribution in [0, 0.1) is 0 Å². The lowest BCUT2D eigenvalue weighted by Crippen LogP contribution is -2.46. The van der Waals surface area contributed by atoms with Crippen molar-refractivity contribution in [3.63, 3.8) is 0 Å². The lowest BCUT2D eigenvalue weighted by atomic mass is 9.74. The molecule has 2 heterocycles. The summed E-state index contributed by atoms with van der Waals surface area (Å²) < 4.78 is 11.4. The first kappa shape index (κ1) is 26.6. The topological polar surface area (TPSA) is 42.0 Å². The van der Waals surface area contributed by atoms with Gasteiger partial charge in [0.1, 0.15) is 11.5 Å². The van der Waals surface area contributed by atoms with Crippen LogP contribution in [0.4, 0.5) is 5.69 Å². The van der Waals surface area contributed by atoms with Crippen molar-refractivity contribution in [2.75, 3.05) is 38.3 Å². The van der Waals surface area contributed by atoms with Crippen LogP contribution in [0.2, 0.25) is 5.02 Å². The van der Waals surface area contributed by atoms with Crippen LogP contribution in [0.1, 0.15) is 50.3 Å². The number of likely N-dealkylation sites (tertiary alicyclic amines) is 1. The van der Waals surface area contributed by atoms with Gasteiger partial charge in [-0.2, -0.15) is 0 Å². The highest BCUT2D eigenvalue weighted by molar-refractivity contribution is 6.30. The van der Waals surface area contributed by atoms with E-state index in [1.807, 2.05) is 17.0 Å². The summed E-state index contributed by atoms with van der Waals surface area (Å²) in [6.07, 6.45) is 1.99. The fourth-order valence-electron chi connectivity index (χ4n) is 5.69. The molecule has 0 radical (unpaired) electrons. The van der Waals surface area contributed by atoms with E-state index in [1.54, 1.807) is 31.4 Å². The van der Waals surface area contributed by atoms with Crippen molar-refractivity contribution in [2.45, 2.75) is 51.0 Å². The Balaban J connectivity index is 1.28. The Morgan fingerprint density at radius 3 is 2.24 bits per heavy atom.